The molecule has 0 saturated carbocycles. The minimum Gasteiger partial charge on any atom is -0.478 e. The van der Waals surface area contributed by atoms with E-state index in [9.17, 15) is 9.90 Å². The van der Waals surface area contributed by atoms with Gasteiger partial charge in [0.25, 0.3) is 0 Å². The number of carboxylic acids is 1. The standard InChI is InChI=1S/C24H15NO2/c1-2-18-19(16-8-4-3-5-9-16)13-14-21(24(26)27)22(18)20-12-6-10-17-11-7-15-25-23(17)20/h1,3-15H,(H,26,27). The summed E-state index contributed by atoms with van der Waals surface area (Å²) in [4.78, 5) is 16.4. The summed E-state index contributed by atoms with van der Waals surface area (Å²) in [6, 6.07) is 22.6. The Bertz CT molecular complexity index is 1200. The fraction of sp³-hybridized carbons (Fsp3) is 0. The van der Waals surface area contributed by atoms with Crippen molar-refractivity contribution in [3.05, 3.63) is 90.1 Å². The van der Waals surface area contributed by atoms with Crippen LogP contribution in [0.25, 0.3) is 33.2 Å². The van der Waals surface area contributed by atoms with Crippen LogP contribution < -0.4 is 0 Å². The molecule has 0 saturated heterocycles. The molecule has 0 unspecified atom stereocenters. The minimum absolute atomic E-state index is 0.167. The molecule has 4 rings (SSSR count). The van der Waals surface area contributed by atoms with Gasteiger partial charge in [-0.2, -0.15) is 0 Å². The summed E-state index contributed by atoms with van der Waals surface area (Å²) >= 11 is 0. The van der Waals surface area contributed by atoms with Gasteiger partial charge in [0.1, 0.15) is 0 Å². The lowest BCUT2D eigenvalue weighted by Crippen LogP contribution is -2.04. The quantitative estimate of drug-likeness (QED) is 0.514. The van der Waals surface area contributed by atoms with Gasteiger partial charge in [0.05, 0.1) is 11.1 Å². The van der Waals surface area contributed by atoms with Crippen molar-refractivity contribution in [2.75, 3.05) is 0 Å². The van der Waals surface area contributed by atoms with Gasteiger partial charge in [0.15, 0.2) is 0 Å². The lowest BCUT2D eigenvalue weighted by Gasteiger charge is -2.15. The van der Waals surface area contributed by atoms with Crippen molar-refractivity contribution in [1.29, 1.82) is 0 Å². The third kappa shape index (κ3) is 2.84. The number of hydrogen-bond acceptors (Lipinski definition) is 2. The fourth-order valence-electron chi connectivity index (χ4n) is 3.37. The predicted octanol–water partition coefficient (Wildman–Crippen LogP) is 5.25. The number of aromatic carboxylic acids is 1. The van der Waals surface area contributed by atoms with Crippen LogP contribution in [-0.2, 0) is 0 Å². The Morgan fingerprint density at radius 2 is 1.67 bits per heavy atom. The van der Waals surface area contributed by atoms with Crippen LogP contribution in [0.1, 0.15) is 15.9 Å². The number of fused-ring (bicyclic) bond motifs is 1. The molecular weight excluding hydrogens is 334 g/mol. The number of nitrogens with zero attached hydrogens (tertiary/aromatic N) is 1. The summed E-state index contributed by atoms with van der Waals surface area (Å²) in [5, 5.41) is 10.7. The molecule has 3 heteroatoms. The summed E-state index contributed by atoms with van der Waals surface area (Å²) in [5.41, 5.74) is 4.46. The lowest BCUT2D eigenvalue weighted by molar-refractivity contribution is 0.0697. The second kappa shape index (κ2) is 6.78. The Morgan fingerprint density at radius 3 is 2.41 bits per heavy atom. The number of benzene rings is 3. The van der Waals surface area contributed by atoms with Gasteiger partial charge in [-0.15, -0.1) is 6.42 Å². The zero-order chi connectivity index (χ0) is 18.8. The van der Waals surface area contributed by atoms with Crippen LogP contribution in [0.15, 0.2) is 79.0 Å². The molecule has 0 aliphatic carbocycles. The lowest BCUT2D eigenvalue weighted by atomic mass is 9.87. The highest BCUT2D eigenvalue weighted by Crippen LogP contribution is 2.37. The van der Waals surface area contributed by atoms with E-state index in [1.165, 1.54) is 0 Å². The van der Waals surface area contributed by atoms with Gasteiger partial charge in [-0.3, -0.25) is 4.98 Å². The molecule has 3 nitrogen and oxygen atoms in total. The average molecular weight is 349 g/mol. The van der Waals surface area contributed by atoms with E-state index in [0.29, 0.717) is 11.1 Å². The van der Waals surface area contributed by atoms with Crippen LogP contribution in [0.5, 0.6) is 0 Å². The van der Waals surface area contributed by atoms with Crippen LogP contribution in [0.4, 0.5) is 0 Å². The molecule has 1 heterocycles. The van der Waals surface area contributed by atoms with E-state index in [0.717, 1.165) is 27.6 Å². The molecule has 3 aromatic carbocycles. The molecule has 0 amide bonds. The van der Waals surface area contributed by atoms with Crippen molar-refractivity contribution in [2.24, 2.45) is 0 Å². The van der Waals surface area contributed by atoms with Crippen molar-refractivity contribution >= 4 is 16.9 Å². The SMILES string of the molecule is C#Cc1c(-c2ccccc2)ccc(C(=O)O)c1-c1cccc2cccnc12. The van der Waals surface area contributed by atoms with E-state index in [1.54, 1.807) is 18.3 Å². The molecule has 0 spiro atoms. The van der Waals surface area contributed by atoms with Crippen molar-refractivity contribution in [3.8, 4) is 34.6 Å². The number of pyridine rings is 1. The second-order valence-electron chi connectivity index (χ2n) is 6.11. The Morgan fingerprint density at radius 1 is 0.889 bits per heavy atom. The zero-order valence-electron chi connectivity index (χ0n) is 14.4. The van der Waals surface area contributed by atoms with Gasteiger partial charge in [-0.1, -0.05) is 66.6 Å². The summed E-state index contributed by atoms with van der Waals surface area (Å²) in [6.07, 6.45) is 7.57. The third-order valence-corrected chi connectivity index (χ3v) is 4.57. The summed E-state index contributed by atoms with van der Waals surface area (Å²) in [7, 11) is 0. The largest absolute Gasteiger partial charge is 0.478 e. The highest BCUT2D eigenvalue weighted by molar-refractivity contribution is 6.05. The summed E-state index contributed by atoms with van der Waals surface area (Å²) in [6.45, 7) is 0. The number of hydrogen-bond donors (Lipinski definition) is 1. The van der Waals surface area contributed by atoms with Crippen molar-refractivity contribution in [1.82, 2.24) is 4.98 Å². The number of carbonyl (C=O) groups is 1. The molecule has 0 fully saturated rings. The maximum absolute atomic E-state index is 12.0. The minimum atomic E-state index is -1.02. The summed E-state index contributed by atoms with van der Waals surface area (Å²) in [5.74, 6) is 1.71. The number of rotatable bonds is 3. The van der Waals surface area contributed by atoms with E-state index in [4.69, 9.17) is 6.42 Å². The zero-order valence-corrected chi connectivity index (χ0v) is 14.4. The Kier molecular flexibility index (Phi) is 4.16. The predicted molar refractivity (Wildman–Crippen MR) is 108 cm³/mol. The fourth-order valence-corrected chi connectivity index (χ4v) is 3.37. The van der Waals surface area contributed by atoms with Gasteiger partial charge in [0.2, 0.25) is 0 Å². The normalized spacial score (nSPS) is 10.5. The molecule has 0 atom stereocenters. The molecular formula is C24H15NO2. The second-order valence-corrected chi connectivity index (χ2v) is 6.11. The van der Waals surface area contributed by atoms with Gasteiger partial charge in [0, 0.05) is 28.3 Å². The van der Waals surface area contributed by atoms with E-state index < -0.39 is 5.97 Å². The average Bonchev–Trinajstić information content (AvgIpc) is 2.72. The topological polar surface area (TPSA) is 50.2 Å². The Labute approximate surface area is 156 Å². The number of aromatic nitrogens is 1. The molecule has 1 aromatic heterocycles. The molecule has 128 valence electrons. The molecule has 1 N–H and O–H groups in total. The maximum atomic E-state index is 12.0. The number of terminal acetylenes is 1. The van der Waals surface area contributed by atoms with Crippen molar-refractivity contribution in [3.63, 3.8) is 0 Å². The van der Waals surface area contributed by atoms with Gasteiger partial charge in [-0.25, -0.2) is 4.79 Å². The van der Waals surface area contributed by atoms with Crippen molar-refractivity contribution in [2.45, 2.75) is 0 Å². The number of para-hydroxylation sites is 1. The highest BCUT2D eigenvalue weighted by atomic mass is 16.4. The molecule has 0 aliphatic rings. The molecule has 0 radical (unpaired) electrons. The first kappa shape index (κ1) is 16.6. The van der Waals surface area contributed by atoms with Crippen LogP contribution >= 0.6 is 0 Å². The van der Waals surface area contributed by atoms with E-state index in [2.05, 4.69) is 10.9 Å². The molecule has 4 aromatic rings. The smallest absolute Gasteiger partial charge is 0.336 e. The summed E-state index contributed by atoms with van der Waals surface area (Å²) < 4.78 is 0. The first-order valence-corrected chi connectivity index (χ1v) is 8.47. The highest BCUT2D eigenvalue weighted by Gasteiger charge is 2.20. The molecule has 0 bridgehead atoms. The maximum Gasteiger partial charge on any atom is 0.336 e. The monoisotopic (exact) mass is 349 g/mol. The van der Waals surface area contributed by atoms with E-state index in [1.807, 2.05) is 60.7 Å². The molecule has 0 aliphatic heterocycles. The molecule has 27 heavy (non-hydrogen) atoms. The van der Waals surface area contributed by atoms with Crippen molar-refractivity contribution < 1.29 is 9.90 Å². The first-order chi connectivity index (χ1) is 13.2. The number of carboxylic acid groups (broad SMARTS) is 1. The van der Waals surface area contributed by atoms with Crippen LogP contribution in [0.2, 0.25) is 0 Å². The van der Waals surface area contributed by atoms with Gasteiger partial charge in [-0.05, 0) is 23.3 Å². The Balaban J connectivity index is 2.12. The van der Waals surface area contributed by atoms with Crippen LogP contribution in [0, 0.1) is 12.3 Å². The van der Waals surface area contributed by atoms with Gasteiger partial charge >= 0.3 is 5.97 Å². The van der Waals surface area contributed by atoms with Gasteiger partial charge < -0.3 is 5.11 Å². The van der Waals surface area contributed by atoms with Crippen LogP contribution in [-0.4, -0.2) is 16.1 Å². The van der Waals surface area contributed by atoms with Crippen LogP contribution in [0.3, 0.4) is 0 Å². The Hall–Kier alpha value is -3.90. The first-order valence-electron chi connectivity index (χ1n) is 8.47. The van der Waals surface area contributed by atoms with E-state index >= 15 is 0 Å². The van der Waals surface area contributed by atoms with E-state index in [-0.39, 0.29) is 5.56 Å². The third-order valence-electron chi connectivity index (χ3n) is 4.57.